The molecule has 0 bridgehead atoms. The van der Waals surface area contributed by atoms with E-state index in [4.69, 9.17) is 4.74 Å². The zero-order chi connectivity index (χ0) is 11.5. The summed E-state index contributed by atoms with van der Waals surface area (Å²) >= 11 is 1.50. The van der Waals surface area contributed by atoms with Crippen LogP contribution in [0.1, 0.15) is 30.0 Å². The first-order valence-electron chi connectivity index (χ1n) is 5.00. The number of carbonyl (C=O) groups excluding carboxylic acids is 1. The highest BCUT2D eigenvalue weighted by Crippen LogP contribution is 2.26. The second kappa shape index (κ2) is 4.57. The van der Waals surface area contributed by atoms with Crippen LogP contribution >= 0.6 is 11.9 Å². The molecule has 0 saturated carbocycles. The number of carbonyl (C=O) groups is 1. The van der Waals surface area contributed by atoms with Crippen molar-refractivity contribution in [3.05, 3.63) is 29.2 Å². The lowest BCUT2D eigenvalue weighted by Gasteiger charge is -2.14. The van der Waals surface area contributed by atoms with E-state index in [1.54, 1.807) is 13.0 Å². The average molecular weight is 236 g/mol. The second-order valence-corrected chi connectivity index (χ2v) is 4.18. The van der Waals surface area contributed by atoms with E-state index in [1.165, 1.54) is 11.9 Å². The van der Waals surface area contributed by atoms with Crippen molar-refractivity contribution < 1.29 is 9.53 Å². The minimum Gasteiger partial charge on any atom is -0.461 e. The van der Waals surface area contributed by atoms with Crippen LogP contribution in [0.4, 0.5) is 0 Å². The molecule has 16 heavy (non-hydrogen) atoms. The Balaban J connectivity index is 2.32. The summed E-state index contributed by atoms with van der Waals surface area (Å²) < 4.78 is 8.03. The summed E-state index contributed by atoms with van der Waals surface area (Å²) in [7, 11) is 0. The van der Waals surface area contributed by atoms with E-state index in [9.17, 15) is 4.79 Å². The molecular weight excluding hydrogens is 224 g/mol. The van der Waals surface area contributed by atoms with Gasteiger partial charge in [0.25, 0.3) is 0 Å². The van der Waals surface area contributed by atoms with E-state index in [1.807, 2.05) is 19.1 Å². The lowest BCUT2D eigenvalue weighted by molar-refractivity contribution is 0.0519. The maximum atomic E-state index is 11.5. The highest BCUT2D eigenvalue weighted by molar-refractivity contribution is 7.97. The van der Waals surface area contributed by atoms with Crippen LogP contribution < -0.4 is 4.72 Å². The first kappa shape index (κ1) is 11.0. The Morgan fingerprint density at radius 3 is 3.12 bits per heavy atom. The van der Waals surface area contributed by atoms with Gasteiger partial charge in [0.2, 0.25) is 0 Å². The summed E-state index contributed by atoms with van der Waals surface area (Å²) in [6.07, 6.45) is 1.91. The van der Waals surface area contributed by atoms with Gasteiger partial charge >= 0.3 is 5.97 Å². The largest absolute Gasteiger partial charge is 0.461 e. The van der Waals surface area contributed by atoms with Gasteiger partial charge in [0, 0.05) is 5.70 Å². The number of pyridine rings is 1. The van der Waals surface area contributed by atoms with Crippen molar-refractivity contribution in [1.82, 2.24) is 9.71 Å². The first-order valence-corrected chi connectivity index (χ1v) is 5.81. The molecule has 1 aromatic rings. The quantitative estimate of drug-likeness (QED) is 0.630. The van der Waals surface area contributed by atoms with Crippen LogP contribution in [0.25, 0.3) is 6.08 Å². The van der Waals surface area contributed by atoms with Gasteiger partial charge in [-0.05, 0) is 44.0 Å². The van der Waals surface area contributed by atoms with Gasteiger partial charge in [-0.1, -0.05) is 0 Å². The molecule has 2 rings (SSSR count). The average Bonchev–Trinajstić information content (AvgIpc) is 2.28. The molecule has 0 unspecified atom stereocenters. The molecule has 84 valence electrons. The topological polar surface area (TPSA) is 51.2 Å². The van der Waals surface area contributed by atoms with Gasteiger partial charge < -0.3 is 9.46 Å². The molecule has 0 atom stereocenters. The van der Waals surface area contributed by atoms with Crippen LogP contribution in [0.5, 0.6) is 0 Å². The maximum absolute atomic E-state index is 11.5. The molecule has 1 N–H and O–H groups in total. The zero-order valence-corrected chi connectivity index (χ0v) is 9.93. The molecule has 5 heteroatoms. The van der Waals surface area contributed by atoms with Crippen LogP contribution in [0.2, 0.25) is 0 Å². The zero-order valence-electron chi connectivity index (χ0n) is 9.11. The van der Waals surface area contributed by atoms with Crippen molar-refractivity contribution in [2.75, 3.05) is 6.61 Å². The Morgan fingerprint density at radius 2 is 2.38 bits per heavy atom. The Bertz CT molecular complexity index is 457. The fraction of sp³-hybridized carbons (Fsp3) is 0.273. The molecule has 0 fully saturated rings. The third-order valence-corrected chi connectivity index (χ3v) is 3.03. The van der Waals surface area contributed by atoms with Crippen molar-refractivity contribution in [2.45, 2.75) is 18.7 Å². The first-order chi connectivity index (χ1) is 7.70. The minimum atomic E-state index is -0.375. The number of nitrogens with zero attached hydrogens (tertiary/aromatic N) is 1. The maximum Gasteiger partial charge on any atom is 0.356 e. The summed E-state index contributed by atoms with van der Waals surface area (Å²) in [5.41, 5.74) is 2.19. The van der Waals surface area contributed by atoms with Gasteiger partial charge in [0.1, 0.15) is 5.69 Å². The van der Waals surface area contributed by atoms with E-state index >= 15 is 0 Å². The number of aromatic nitrogens is 1. The van der Waals surface area contributed by atoms with E-state index in [0.717, 1.165) is 16.3 Å². The smallest absolute Gasteiger partial charge is 0.356 e. The molecule has 1 aliphatic heterocycles. The second-order valence-electron chi connectivity index (χ2n) is 3.33. The van der Waals surface area contributed by atoms with Gasteiger partial charge in [0.15, 0.2) is 0 Å². The number of rotatable bonds is 2. The van der Waals surface area contributed by atoms with Crippen LogP contribution in [-0.2, 0) is 4.74 Å². The van der Waals surface area contributed by atoms with Crippen molar-refractivity contribution in [1.29, 1.82) is 0 Å². The third-order valence-electron chi connectivity index (χ3n) is 2.05. The van der Waals surface area contributed by atoms with E-state index < -0.39 is 0 Å². The summed E-state index contributed by atoms with van der Waals surface area (Å²) in [5, 5.41) is 0. The molecule has 0 aliphatic carbocycles. The SMILES string of the molecule is CCOC(=O)c1ccc2c(n1)C=C(C)NS2. The Kier molecular flexibility index (Phi) is 3.14. The Morgan fingerprint density at radius 1 is 1.56 bits per heavy atom. The van der Waals surface area contributed by atoms with Gasteiger partial charge in [-0.15, -0.1) is 0 Å². The lowest BCUT2D eigenvalue weighted by atomic mass is 10.2. The van der Waals surface area contributed by atoms with Crippen LogP contribution in [0.15, 0.2) is 22.7 Å². The van der Waals surface area contributed by atoms with Crippen LogP contribution in [0, 0.1) is 0 Å². The van der Waals surface area contributed by atoms with Gasteiger partial charge in [-0.2, -0.15) is 0 Å². The third kappa shape index (κ3) is 2.19. The summed E-state index contributed by atoms with van der Waals surface area (Å²) in [4.78, 5) is 16.8. The standard InChI is InChI=1S/C11H12N2O2S/c1-3-15-11(14)8-4-5-10-9(12-8)6-7(2)13-16-10/h4-6,13H,3H2,1-2H3. The number of hydrogen-bond donors (Lipinski definition) is 1. The predicted molar refractivity (Wildman–Crippen MR) is 62.8 cm³/mol. The molecular formula is C11H12N2O2S. The van der Waals surface area contributed by atoms with Gasteiger partial charge in [-0.3, -0.25) is 0 Å². The van der Waals surface area contributed by atoms with Crippen molar-refractivity contribution >= 4 is 24.0 Å². The highest BCUT2D eigenvalue weighted by atomic mass is 32.2. The van der Waals surface area contributed by atoms with Crippen molar-refractivity contribution in [2.24, 2.45) is 0 Å². The van der Waals surface area contributed by atoms with E-state index in [-0.39, 0.29) is 5.97 Å². The molecule has 0 amide bonds. The fourth-order valence-electron chi connectivity index (χ4n) is 1.34. The molecule has 0 saturated heterocycles. The monoisotopic (exact) mass is 236 g/mol. The lowest BCUT2D eigenvalue weighted by Crippen LogP contribution is -2.11. The van der Waals surface area contributed by atoms with E-state index in [0.29, 0.717) is 12.3 Å². The minimum absolute atomic E-state index is 0.354. The normalized spacial score (nSPS) is 13.5. The van der Waals surface area contributed by atoms with Gasteiger partial charge in [0.05, 0.1) is 17.2 Å². The van der Waals surface area contributed by atoms with Gasteiger partial charge in [-0.25, -0.2) is 9.78 Å². The predicted octanol–water partition coefficient (Wildman–Crippen LogP) is 2.23. The molecule has 1 aliphatic rings. The van der Waals surface area contributed by atoms with E-state index in [2.05, 4.69) is 9.71 Å². The molecule has 1 aromatic heterocycles. The summed E-state index contributed by atoms with van der Waals surface area (Å²) in [6.45, 7) is 4.09. The number of nitrogens with one attached hydrogen (secondary N) is 1. The van der Waals surface area contributed by atoms with Crippen LogP contribution in [-0.4, -0.2) is 17.6 Å². The number of hydrogen-bond acceptors (Lipinski definition) is 5. The van der Waals surface area contributed by atoms with Crippen molar-refractivity contribution in [3.63, 3.8) is 0 Å². The highest BCUT2D eigenvalue weighted by Gasteiger charge is 2.14. The molecule has 0 spiro atoms. The number of fused-ring (bicyclic) bond motifs is 1. The summed E-state index contributed by atoms with van der Waals surface area (Å²) in [5.74, 6) is -0.375. The Labute approximate surface area is 98.2 Å². The molecule has 0 radical (unpaired) electrons. The molecule has 2 heterocycles. The van der Waals surface area contributed by atoms with Crippen molar-refractivity contribution in [3.8, 4) is 0 Å². The number of allylic oxidation sites excluding steroid dienone is 1. The number of ether oxygens (including phenoxy) is 1. The molecule has 0 aromatic carbocycles. The van der Waals surface area contributed by atoms with Crippen LogP contribution in [0.3, 0.4) is 0 Å². The fourth-order valence-corrected chi connectivity index (χ4v) is 2.02. The Hall–Kier alpha value is -1.49. The summed E-state index contributed by atoms with van der Waals surface area (Å²) in [6, 6.07) is 3.55. The molecule has 4 nitrogen and oxygen atoms in total. The number of esters is 1.